The summed E-state index contributed by atoms with van der Waals surface area (Å²) in [4.78, 5) is 16.9. The summed E-state index contributed by atoms with van der Waals surface area (Å²) in [5.41, 5.74) is 2.81. The van der Waals surface area contributed by atoms with Crippen molar-refractivity contribution in [2.45, 2.75) is 45.6 Å². The Balaban J connectivity index is 1.21. The maximum atomic E-state index is 6.23. The maximum absolute atomic E-state index is 6.23. The van der Waals surface area contributed by atoms with E-state index >= 15 is 0 Å². The monoisotopic (exact) mass is 456 g/mol. The number of pyridine rings is 1. The third-order valence-electron chi connectivity index (χ3n) is 5.67. The second-order valence-electron chi connectivity index (χ2n) is 8.15. The van der Waals surface area contributed by atoms with E-state index < -0.39 is 0 Å². The van der Waals surface area contributed by atoms with Gasteiger partial charge in [0.15, 0.2) is 5.82 Å². The fourth-order valence-corrected chi connectivity index (χ4v) is 5.15. The molecular formula is C21H24N6O2S2. The van der Waals surface area contributed by atoms with Gasteiger partial charge in [-0.05, 0) is 49.3 Å². The van der Waals surface area contributed by atoms with Crippen LogP contribution in [-0.2, 0) is 0 Å². The minimum atomic E-state index is 0.0807. The van der Waals surface area contributed by atoms with E-state index in [0.717, 1.165) is 53.4 Å². The summed E-state index contributed by atoms with van der Waals surface area (Å²) in [7, 11) is 0. The Labute approximate surface area is 188 Å². The van der Waals surface area contributed by atoms with Gasteiger partial charge in [0.1, 0.15) is 16.5 Å². The lowest BCUT2D eigenvalue weighted by molar-refractivity contribution is 0.131. The number of fused-ring (bicyclic) bond motifs is 1. The number of piperidine rings is 1. The van der Waals surface area contributed by atoms with E-state index in [2.05, 4.69) is 45.2 Å². The van der Waals surface area contributed by atoms with E-state index in [1.165, 1.54) is 22.9 Å². The summed E-state index contributed by atoms with van der Waals surface area (Å²) in [5.74, 6) is 1.48. The number of nitrogens with zero attached hydrogens (tertiary/aromatic N) is 6. The Morgan fingerprint density at radius 3 is 2.68 bits per heavy atom. The zero-order valence-corrected chi connectivity index (χ0v) is 19.3. The van der Waals surface area contributed by atoms with Gasteiger partial charge < -0.3 is 14.2 Å². The van der Waals surface area contributed by atoms with Crippen molar-refractivity contribution in [1.29, 1.82) is 0 Å². The Morgan fingerprint density at radius 2 is 1.97 bits per heavy atom. The van der Waals surface area contributed by atoms with Gasteiger partial charge in [0.25, 0.3) is 5.19 Å². The standard InChI is InChI=1S/C21H24N6O2S2/c1-12(2)18-25-20(29-26-18)27-8-6-14(7-9-27)13(3)28-21-24-17-5-4-16(23-19(17)31-21)15-10-22-30-11-15/h4-5,10-14H,6-9H2,1-3H3. The molecule has 5 heterocycles. The van der Waals surface area contributed by atoms with Crippen molar-refractivity contribution in [2.75, 3.05) is 18.0 Å². The number of anilines is 1. The third-order valence-corrected chi connectivity index (χ3v) is 7.11. The average molecular weight is 457 g/mol. The van der Waals surface area contributed by atoms with E-state index in [-0.39, 0.29) is 12.0 Å². The highest BCUT2D eigenvalue weighted by Crippen LogP contribution is 2.32. The number of aromatic nitrogens is 5. The summed E-state index contributed by atoms with van der Waals surface area (Å²) in [6, 6.07) is 4.61. The van der Waals surface area contributed by atoms with Gasteiger partial charge in [0, 0.05) is 30.0 Å². The largest absolute Gasteiger partial charge is 0.467 e. The van der Waals surface area contributed by atoms with E-state index in [9.17, 15) is 0 Å². The second kappa shape index (κ2) is 8.51. The first kappa shape index (κ1) is 20.3. The van der Waals surface area contributed by atoms with Crippen LogP contribution >= 0.6 is 22.9 Å². The minimum Gasteiger partial charge on any atom is -0.467 e. The molecule has 0 bridgehead atoms. The lowest BCUT2D eigenvalue weighted by Gasteiger charge is -2.33. The van der Waals surface area contributed by atoms with Gasteiger partial charge in [-0.1, -0.05) is 30.3 Å². The molecule has 0 N–H and O–H groups in total. The molecule has 5 rings (SSSR count). The fourth-order valence-electron chi connectivity index (χ4n) is 3.74. The highest BCUT2D eigenvalue weighted by atomic mass is 32.1. The molecule has 0 aromatic carbocycles. The van der Waals surface area contributed by atoms with Crippen LogP contribution in [0.5, 0.6) is 5.19 Å². The van der Waals surface area contributed by atoms with Gasteiger partial charge in [0.2, 0.25) is 0 Å². The molecule has 1 aliphatic heterocycles. The van der Waals surface area contributed by atoms with Crippen LogP contribution in [0.1, 0.15) is 45.4 Å². The molecule has 162 valence electrons. The number of hydrogen-bond donors (Lipinski definition) is 0. The van der Waals surface area contributed by atoms with Crippen LogP contribution in [0.4, 0.5) is 6.01 Å². The van der Waals surface area contributed by atoms with Crippen LogP contribution in [0.15, 0.2) is 28.2 Å². The predicted molar refractivity (Wildman–Crippen MR) is 122 cm³/mol. The van der Waals surface area contributed by atoms with Crippen LogP contribution in [0, 0.1) is 5.92 Å². The van der Waals surface area contributed by atoms with Crippen LogP contribution < -0.4 is 9.64 Å². The summed E-state index contributed by atoms with van der Waals surface area (Å²) in [5, 5.41) is 6.75. The zero-order chi connectivity index (χ0) is 21.4. The fraction of sp³-hybridized carbons (Fsp3) is 0.476. The van der Waals surface area contributed by atoms with Gasteiger partial charge in [-0.25, -0.2) is 14.3 Å². The Morgan fingerprint density at radius 1 is 1.13 bits per heavy atom. The van der Waals surface area contributed by atoms with E-state index in [1.807, 2.05) is 23.7 Å². The van der Waals surface area contributed by atoms with Crippen molar-refractivity contribution in [3.05, 3.63) is 29.5 Å². The molecule has 4 aromatic heterocycles. The molecule has 1 fully saturated rings. The number of hydrogen-bond acceptors (Lipinski definition) is 10. The lowest BCUT2D eigenvalue weighted by atomic mass is 9.92. The van der Waals surface area contributed by atoms with E-state index in [1.54, 1.807) is 0 Å². The quantitative estimate of drug-likeness (QED) is 0.400. The van der Waals surface area contributed by atoms with Gasteiger partial charge in [0.05, 0.1) is 11.9 Å². The molecule has 10 heteroatoms. The molecule has 1 unspecified atom stereocenters. The average Bonchev–Trinajstić information content (AvgIpc) is 3.53. The summed E-state index contributed by atoms with van der Waals surface area (Å²) in [6.45, 7) is 8.04. The first-order valence-electron chi connectivity index (χ1n) is 10.5. The second-order valence-corrected chi connectivity index (χ2v) is 9.75. The molecular weight excluding hydrogens is 432 g/mol. The molecule has 0 spiro atoms. The van der Waals surface area contributed by atoms with E-state index in [0.29, 0.717) is 17.1 Å². The molecule has 1 atom stereocenters. The first-order valence-corrected chi connectivity index (χ1v) is 12.1. The van der Waals surface area contributed by atoms with Gasteiger partial charge in [-0.15, -0.1) is 0 Å². The summed E-state index contributed by atoms with van der Waals surface area (Å²) < 4.78 is 15.8. The van der Waals surface area contributed by atoms with Crippen LogP contribution in [0.3, 0.4) is 0 Å². The molecule has 0 saturated carbocycles. The van der Waals surface area contributed by atoms with Gasteiger partial charge in [-0.2, -0.15) is 4.98 Å². The van der Waals surface area contributed by atoms with Crippen molar-refractivity contribution >= 4 is 39.2 Å². The molecule has 0 radical (unpaired) electrons. The van der Waals surface area contributed by atoms with Crippen molar-refractivity contribution in [1.82, 2.24) is 24.5 Å². The van der Waals surface area contributed by atoms with Gasteiger partial charge >= 0.3 is 6.01 Å². The number of ether oxygens (including phenoxy) is 1. The molecule has 1 saturated heterocycles. The molecule has 0 amide bonds. The first-order chi connectivity index (χ1) is 15.1. The highest BCUT2D eigenvalue weighted by Gasteiger charge is 2.28. The van der Waals surface area contributed by atoms with Crippen molar-refractivity contribution in [3.63, 3.8) is 0 Å². The van der Waals surface area contributed by atoms with E-state index in [4.69, 9.17) is 14.2 Å². The Kier molecular flexibility index (Phi) is 5.58. The Hall–Kier alpha value is -2.59. The normalized spacial score (nSPS) is 16.3. The van der Waals surface area contributed by atoms with Gasteiger partial charge in [-0.3, -0.25) is 0 Å². The molecule has 1 aliphatic rings. The SMILES string of the molecule is CC(C)c1noc(N2CCC(C(C)Oc3nc4ccc(-c5cnsc5)nc4s3)CC2)n1. The summed E-state index contributed by atoms with van der Waals surface area (Å²) >= 11 is 2.93. The van der Waals surface area contributed by atoms with Crippen LogP contribution in [-0.4, -0.2) is 43.7 Å². The lowest BCUT2D eigenvalue weighted by Crippen LogP contribution is -2.38. The minimum absolute atomic E-state index is 0.0807. The van der Waals surface area contributed by atoms with Crippen molar-refractivity contribution in [3.8, 4) is 16.5 Å². The maximum Gasteiger partial charge on any atom is 0.324 e. The van der Waals surface area contributed by atoms with Crippen molar-refractivity contribution < 1.29 is 9.26 Å². The topological polar surface area (TPSA) is 90.1 Å². The molecule has 0 aliphatic carbocycles. The number of rotatable bonds is 6. The van der Waals surface area contributed by atoms with Crippen LogP contribution in [0.25, 0.3) is 21.6 Å². The zero-order valence-electron chi connectivity index (χ0n) is 17.7. The van der Waals surface area contributed by atoms with Crippen LogP contribution in [0.2, 0.25) is 0 Å². The molecule has 8 nitrogen and oxygen atoms in total. The third kappa shape index (κ3) is 4.27. The number of thiazole rings is 1. The highest BCUT2D eigenvalue weighted by molar-refractivity contribution is 7.19. The van der Waals surface area contributed by atoms with Crippen molar-refractivity contribution in [2.24, 2.45) is 5.92 Å². The smallest absolute Gasteiger partial charge is 0.324 e. The Bertz CT molecular complexity index is 1150. The predicted octanol–water partition coefficient (Wildman–Crippen LogP) is 5.01. The molecule has 4 aromatic rings. The summed E-state index contributed by atoms with van der Waals surface area (Å²) in [6.07, 6.45) is 3.94. The molecule has 31 heavy (non-hydrogen) atoms.